The number of hydrogen-bond donors (Lipinski definition) is 1. The minimum atomic E-state index is -0.289. The molecule has 0 aliphatic heterocycles. The van der Waals surface area contributed by atoms with Crippen LogP contribution in [0.4, 0.5) is 5.69 Å². The molecular weight excluding hydrogens is 206 g/mol. The van der Waals surface area contributed by atoms with Gasteiger partial charge in [0.1, 0.15) is 6.04 Å². The summed E-state index contributed by atoms with van der Waals surface area (Å²) in [5.41, 5.74) is 0.694. The number of aryl methyl sites for hydroxylation is 1. The lowest BCUT2D eigenvalue weighted by atomic mass is 10.3. The van der Waals surface area contributed by atoms with Gasteiger partial charge in [-0.05, 0) is 6.92 Å². The molecule has 0 radical (unpaired) electrons. The quantitative estimate of drug-likeness (QED) is 0.831. The van der Waals surface area contributed by atoms with Crippen molar-refractivity contribution >= 4 is 11.6 Å². The zero-order valence-electron chi connectivity index (χ0n) is 9.16. The van der Waals surface area contributed by atoms with E-state index in [0.29, 0.717) is 5.69 Å². The van der Waals surface area contributed by atoms with Crippen LogP contribution in [0.15, 0.2) is 31.1 Å². The third-order valence-electron chi connectivity index (χ3n) is 2.32. The monoisotopic (exact) mass is 219 g/mol. The molecule has 6 heteroatoms. The van der Waals surface area contributed by atoms with Gasteiger partial charge in [0, 0.05) is 25.6 Å². The molecule has 0 saturated carbocycles. The second-order valence-corrected chi connectivity index (χ2v) is 3.58. The Hall–Kier alpha value is -2.11. The molecule has 0 bridgehead atoms. The summed E-state index contributed by atoms with van der Waals surface area (Å²) in [4.78, 5) is 15.7. The molecule has 0 aliphatic rings. The van der Waals surface area contributed by atoms with Gasteiger partial charge >= 0.3 is 0 Å². The fourth-order valence-electron chi connectivity index (χ4n) is 1.37. The van der Waals surface area contributed by atoms with Crippen LogP contribution in [0.3, 0.4) is 0 Å². The highest BCUT2D eigenvalue weighted by Gasteiger charge is 2.14. The summed E-state index contributed by atoms with van der Waals surface area (Å²) in [7, 11) is 1.80. The van der Waals surface area contributed by atoms with Gasteiger partial charge in [-0.1, -0.05) is 0 Å². The standard InChI is InChI=1S/C10H13N5O/c1-8(15-4-3-11-7-15)10(16)13-9-5-12-14(2)6-9/h3-8H,1-2H3,(H,13,16). The molecule has 0 aliphatic carbocycles. The van der Waals surface area contributed by atoms with Gasteiger partial charge in [0.25, 0.3) is 0 Å². The second kappa shape index (κ2) is 4.18. The maximum Gasteiger partial charge on any atom is 0.247 e. The van der Waals surface area contributed by atoms with E-state index in [0.717, 1.165) is 0 Å². The first-order valence-corrected chi connectivity index (χ1v) is 4.94. The molecule has 0 fully saturated rings. The fraction of sp³-hybridized carbons (Fsp3) is 0.300. The molecule has 2 rings (SSSR count). The van der Waals surface area contributed by atoms with Gasteiger partial charge in [0.2, 0.25) is 5.91 Å². The highest BCUT2D eigenvalue weighted by molar-refractivity contribution is 5.93. The Morgan fingerprint density at radius 3 is 2.94 bits per heavy atom. The first kappa shape index (κ1) is 10.4. The van der Waals surface area contributed by atoms with Crippen LogP contribution in [0.1, 0.15) is 13.0 Å². The van der Waals surface area contributed by atoms with E-state index in [1.54, 1.807) is 47.4 Å². The molecular formula is C10H13N5O. The third kappa shape index (κ3) is 2.10. The first-order valence-electron chi connectivity index (χ1n) is 4.94. The zero-order valence-corrected chi connectivity index (χ0v) is 9.16. The van der Waals surface area contributed by atoms with Crippen molar-refractivity contribution in [3.8, 4) is 0 Å². The Labute approximate surface area is 92.9 Å². The number of aromatic nitrogens is 4. The smallest absolute Gasteiger partial charge is 0.247 e. The van der Waals surface area contributed by atoms with E-state index in [-0.39, 0.29) is 11.9 Å². The van der Waals surface area contributed by atoms with Gasteiger partial charge < -0.3 is 9.88 Å². The fourth-order valence-corrected chi connectivity index (χ4v) is 1.37. The van der Waals surface area contributed by atoms with Crippen molar-refractivity contribution in [3.63, 3.8) is 0 Å². The highest BCUT2D eigenvalue weighted by atomic mass is 16.2. The van der Waals surface area contributed by atoms with Gasteiger partial charge in [-0.2, -0.15) is 5.10 Å². The molecule has 1 atom stereocenters. The maximum atomic E-state index is 11.8. The maximum absolute atomic E-state index is 11.8. The number of rotatable bonds is 3. The van der Waals surface area contributed by atoms with Crippen molar-refractivity contribution < 1.29 is 4.79 Å². The van der Waals surface area contributed by atoms with Crippen molar-refractivity contribution in [2.75, 3.05) is 5.32 Å². The van der Waals surface area contributed by atoms with Crippen LogP contribution in [0, 0.1) is 0 Å². The minimum absolute atomic E-state index is 0.0917. The number of anilines is 1. The van der Waals surface area contributed by atoms with Crippen molar-refractivity contribution in [1.82, 2.24) is 19.3 Å². The summed E-state index contributed by atoms with van der Waals surface area (Å²) < 4.78 is 3.38. The highest BCUT2D eigenvalue weighted by Crippen LogP contribution is 2.10. The number of amides is 1. The molecule has 84 valence electrons. The lowest BCUT2D eigenvalue weighted by molar-refractivity contribution is -0.118. The first-order chi connectivity index (χ1) is 7.66. The zero-order chi connectivity index (χ0) is 11.5. The van der Waals surface area contributed by atoms with E-state index in [9.17, 15) is 4.79 Å². The lowest BCUT2D eigenvalue weighted by Gasteiger charge is -2.11. The van der Waals surface area contributed by atoms with Gasteiger partial charge in [0.15, 0.2) is 0 Å². The van der Waals surface area contributed by atoms with Crippen molar-refractivity contribution in [2.24, 2.45) is 7.05 Å². The molecule has 1 N–H and O–H groups in total. The Morgan fingerprint density at radius 2 is 2.38 bits per heavy atom. The van der Waals surface area contributed by atoms with Gasteiger partial charge in [-0.15, -0.1) is 0 Å². The molecule has 1 unspecified atom stereocenters. The molecule has 16 heavy (non-hydrogen) atoms. The van der Waals surface area contributed by atoms with E-state index in [1.165, 1.54) is 0 Å². The van der Waals surface area contributed by atoms with E-state index < -0.39 is 0 Å². The van der Waals surface area contributed by atoms with Crippen LogP contribution in [0.5, 0.6) is 0 Å². The number of nitrogens with zero attached hydrogens (tertiary/aromatic N) is 4. The van der Waals surface area contributed by atoms with Crippen LogP contribution in [0.2, 0.25) is 0 Å². The van der Waals surface area contributed by atoms with Gasteiger partial charge in [-0.3, -0.25) is 9.48 Å². The third-order valence-corrected chi connectivity index (χ3v) is 2.32. The molecule has 6 nitrogen and oxygen atoms in total. The number of imidazole rings is 1. The second-order valence-electron chi connectivity index (χ2n) is 3.58. The summed E-state index contributed by atoms with van der Waals surface area (Å²) in [5, 5.41) is 6.75. The molecule has 2 aromatic rings. The van der Waals surface area contributed by atoms with Crippen molar-refractivity contribution in [1.29, 1.82) is 0 Å². The summed E-state index contributed by atoms with van der Waals surface area (Å²) >= 11 is 0. The average molecular weight is 219 g/mol. The molecule has 1 amide bonds. The topological polar surface area (TPSA) is 64.7 Å². The normalized spacial score (nSPS) is 12.4. The average Bonchev–Trinajstić information content (AvgIpc) is 2.88. The number of nitrogens with one attached hydrogen (secondary N) is 1. The predicted molar refractivity (Wildman–Crippen MR) is 58.8 cm³/mol. The van der Waals surface area contributed by atoms with E-state index in [2.05, 4.69) is 15.4 Å². The summed E-state index contributed by atoms with van der Waals surface area (Å²) in [6.45, 7) is 1.81. The minimum Gasteiger partial charge on any atom is -0.325 e. The molecule has 0 aromatic carbocycles. The molecule has 2 aromatic heterocycles. The Kier molecular flexibility index (Phi) is 2.72. The summed E-state index contributed by atoms with van der Waals surface area (Å²) in [6.07, 6.45) is 8.38. The molecule has 0 saturated heterocycles. The van der Waals surface area contributed by atoms with Crippen LogP contribution in [0.25, 0.3) is 0 Å². The Bertz CT molecular complexity index is 473. The molecule has 0 spiro atoms. The predicted octanol–water partition coefficient (Wildman–Crippen LogP) is 0.816. The van der Waals surface area contributed by atoms with Crippen LogP contribution in [-0.4, -0.2) is 25.2 Å². The van der Waals surface area contributed by atoms with Crippen LogP contribution >= 0.6 is 0 Å². The number of hydrogen-bond acceptors (Lipinski definition) is 3. The number of carbonyl (C=O) groups excluding carboxylic acids is 1. The Morgan fingerprint density at radius 1 is 1.56 bits per heavy atom. The number of carbonyl (C=O) groups is 1. The van der Waals surface area contributed by atoms with Gasteiger partial charge in [0.05, 0.1) is 18.2 Å². The lowest BCUT2D eigenvalue weighted by Crippen LogP contribution is -2.22. The van der Waals surface area contributed by atoms with E-state index >= 15 is 0 Å². The van der Waals surface area contributed by atoms with E-state index in [1.807, 2.05) is 6.92 Å². The van der Waals surface area contributed by atoms with Crippen molar-refractivity contribution in [3.05, 3.63) is 31.1 Å². The van der Waals surface area contributed by atoms with Crippen LogP contribution in [-0.2, 0) is 11.8 Å². The largest absolute Gasteiger partial charge is 0.325 e. The van der Waals surface area contributed by atoms with Crippen molar-refractivity contribution in [2.45, 2.75) is 13.0 Å². The SMILES string of the molecule is CC(C(=O)Nc1cnn(C)c1)n1ccnc1. The van der Waals surface area contributed by atoms with Crippen LogP contribution < -0.4 is 5.32 Å². The molecule has 2 heterocycles. The van der Waals surface area contributed by atoms with Gasteiger partial charge in [-0.25, -0.2) is 4.98 Å². The van der Waals surface area contributed by atoms with E-state index in [4.69, 9.17) is 0 Å². The Balaban J connectivity index is 2.03. The summed E-state index contributed by atoms with van der Waals surface area (Å²) in [5.74, 6) is -0.0917. The summed E-state index contributed by atoms with van der Waals surface area (Å²) in [6, 6.07) is -0.289.